The number of ether oxygens (including phenoxy) is 1. The van der Waals surface area contributed by atoms with Crippen LogP contribution in [0.5, 0.6) is 0 Å². The van der Waals surface area contributed by atoms with E-state index < -0.39 is 36.1 Å². The highest BCUT2D eigenvalue weighted by atomic mass is 79.9. The van der Waals surface area contributed by atoms with Crippen molar-refractivity contribution in [2.75, 3.05) is 13.3 Å². The summed E-state index contributed by atoms with van der Waals surface area (Å²) in [6.45, 7) is 6.87. The van der Waals surface area contributed by atoms with Crippen LogP contribution in [0.1, 0.15) is 0 Å². The number of carbonyl (C=O) groups is 1. The van der Waals surface area contributed by atoms with Crippen LogP contribution in [0.25, 0.3) is 0 Å². The van der Waals surface area contributed by atoms with Crippen LogP contribution in [-0.2, 0) is 9.53 Å². The third kappa shape index (κ3) is 4.09. The Bertz CT molecular complexity index is 647. The van der Waals surface area contributed by atoms with Crippen LogP contribution in [0, 0.1) is 0 Å². The largest absolute Gasteiger partial charge is 0.361 e. The van der Waals surface area contributed by atoms with Crippen molar-refractivity contribution in [1.82, 2.24) is 4.90 Å². The van der Waals surface area contributed by atoms with Crippen LogP contribution < -0.4 is 0 Å². The first-order valence-electron chi connectivity index (χ1n) is 7.22. The van der Waals surface area contributed by atoms with E-state index in [1.165, 1.54) is 0 Å². The van der Waals surface area contributed by atoms with Gasteiger partial charge in [0, 0.05) is 14.7 Å². The lowest BCUT2D eigenvalue weighted by atomic mass is 9.98. The summed E-state index contributed by atoms with van der Waals surface area (Å²) >= 11 is 14.4. The maximum Gasteiger partial charge on any atom is 0.267 e. The van der Waals surface area contributed by atoms with Gasteiger partial charge in [-0.3, -0.25) is 9.69 Å². The van der Waals surface area contributed by atoms with Gasteiger partial charge < -0.3 is 4.74 Å². The molecule has 2 aliphatic rings. The molecular formula is C14H17BrCl2F2N2O2Si. The molecule has 134 valence electrons. The Morgan fingerprint density at radius 2 is 2.12 bits per heavy atom. The summed E-state index contributed by atoms with van der Waals surface area (Å²) in [6, 6.07) is 0.901. The van der Waals surface area contributed by atoms with Crippen LogP contribution in [0.2, 0.25) is 25.7 Å². The third-order valence-electron chi connectivity index (χ3n) is 3.52. The van der Waals surface area contributed by atoms with E-state index in [2.05, 4.69) is 40.6 Å². The molecule has 0 fully saturated rings. The molecule has 0 saturated heterocycles. The molecule has 0 bridgehead atoms. The lowest BCUT2D eigenvalue weighted by Crippen LogP contribution is -2.46. The van der Waals surface area contributed by atoms with Gasteiger partial charge in [-0.2, -0.15) is 0 Å². The predicted molar refractivity (Wildman–Crippen MR) is 97.7 cm³/mol. The molecule has 2 atom stereocenters. The van der Waals surface area contributed by atoms with Crippen LogP contribution in [0.4, 0.5) is 8.78 Å². The van der Waals surface area contributed by atoms with Crippen LogP contribution in [0.15, 0.2) is 27.0 Å². The number of hydrogen-bond acceptors (Lipinski definition) is 3. The van der Waals surface area contributed by atoms with Gasteiger partial charge in [0.15, 0.2) is 5.83 Å². The number of aliphatic imine (C=N–C) groups is 1. The van der Waals surface area contributed by atoms with Gasteiger partial charge in [0.2, 0.25) is 5.62 Å². The Balaban J connectivity index is 2.18. The molecule has 4 nitrogen and oxygen atoms in total. The molecule has 2 rings (SSSR count). The molecule has 0 aromatic rings. The van der Waals surface area contributed by atoms with Crippen LogP contribution in [-0.4, -0.2) is 48.7 Å². The summed E-state index contributed by atoms with van der Waals surface area (Å²) in [5, 5.41) is -2.92. The number of carbonyl (C=O) groups excluding carboxylic acids is 1. The molecule has 0 aromatic carbocycles. The first-order chi connectivity index (χ1) is 10.9. The molecule has 0 aromatic heterocycles. The molecule has 2 unspecified atom stereocenters. The summed E-state index contributed by atoms with van der Waals surface area (Å²) in [5.41, 5.74) is -1.63. The lowest BCUT2D eigenvalue weighted by molar-refractivity contribution is -0.133. The summed E-state index contributed by atoms with van der Waals surface area (Å²) < 4.78 is 33.7. The van der Waals surface area contributed by atoms with Gasteiger partial charge in [-0.1, -0.05) is 58.8 Å². The minimum Gasteiger partial charge on any atom is -0.361 e. The Morgan fingerprint density at radius 3 is 2.71 bits per heavy atom. The van der Waals surface area contributed by atoms with Gasteiger partial charge >= 0.3 is 0 Å². The maximum absolute atomic E-state index is 14.3. The smallest absolute Gasteiger partial charge is 0.267 e. The van der Waals surface area contributed by atoms with Crippen molar-refractivity contribution in [3.05, 3.63) is 22.0 Å². The van der Waals surface area contributed by atoms with E-state index in [-0.39, 0.29) is 16.9 Å². The molecule has 0 saturated carbocycles. The highest BCUT2D eigenvalue weighted by molar-refractivity contribution is 9.11. The molecule has 1 heterocycles. The molecule has 1 aliphatic carbocycles. The van der Waals surface area contributed by atoms with Crippen molar-refractivity contribution in [2.45, 2.75) is 36.4 Å². The van der Waals surface area contributed by atoms with E-state index in [9.17, 15) is 13.6 Å². The number of halogens is 5. The number of amides is 1. The second-order valence-electron chi connectivity index (χ2n) is 6.70. The Kier molecular flexibility index (Phi) is 5.97. The molecule has 1 amide bonds. The molecule has 0 spiro atoms. The number of rotatable bonds is 5. The number of nitrogens with zero attached hydrogens (tertiary/aromatic N) is 2. The minimum absolute atomic E-state index is 0.0448. The zero-order valence-electron chi connectivity index (χ0n) is 13.4. The van der Waals surface area contributed by atoms with Crippen molar-refractivity contribution in [2.24, 2.45) is 4.99 Å². The number of hydrogen-bond donors (Lipinski definition) is 0. The normalized spacial score (nSPS) is 27.9. The van der Waals surface area contributed by atoms with Crippen molar-refractivity contribution in [1.29, 1.82) is 0 Å². The number of alkyl halides is 3. The van der Waals surface area contributed by atoms with Gasteiger partial charge in [0.1, 0.15) is 12.3 Å². The Labute approximate surface area is 158 Å². The second kappa shape index (κ2) is 7.15. The number of allylic oxidation sites excluding steroid dienone is 3. The second-order valence-corrected chi connectivity index (χ2v) is 14.1. The average Bonchev–Trinajstić information content (AvgIpc) is 2.43. The topological polar surface area (TPSA) is 41.9 Å². The van der Waals surface area contributed by atoms with Crippen molar-refractivity contribution in [3.8, 4) is 0 Å². The fourth-order valence-electron chi connectivity index (χ4n) is 2.05. The molecule has 10 heteroatoms. The average molecular weight is 462 g/mol. The van der Waals surface area contributed by atoms with Gasteiger partial charge in [-0.15, -0.1) is 0 Å². The third-order valence-corrected chi connectivity index (χ3v) is 6.93. The van der Waals surface area contributed by atoms with E-state index >= 15 is 0 Å². The van der Waals surface area contributed by atoms with E-state index in [1.807, 2.05) is 0 Å². The fourth-order valence-corrected chi connectivity index (χ4v) is 3.60. The Morgan fingerprint density at radius 1 is 1.50 bits per heavy atom. The monoisotopic (exact) mass is 460 g/mol. The molecule has 0 N–H and O–H groups in total. The highest BCUT2D eigenvalue weighted by Crippen LogP contribution is 2.45. The van der Waals surface area contributed by atoms with Crippen molar-refractivity contribution in [3.63, 3.8) is 0 Å². The van der Waals surface area contributed by atoms with E-state index in [0.717, 1.165) is 17.0 Å². The van der Waals surface area contributed by atoms with Crippen LogP contribution >= 0.6 is 39.1 Å². The van der Waals surface area contributed by atoms with Crippen molar-refractivity contribution < 1.29 is 18.3 Å². The van der Waals surface area contributed by atoms with Gasteiger partial charge in [-0.05, 0) is 12.1 Å². The molecule has 0 radical (unpaired) electrons. The van der Waals surface area contributed by atoms with Gasteiger partial charge in [0.25, 0.3) is 11.0 Å². The quantitative estimate of drug-likeness (QED) is 0.261. The summed E-state index contributed by atoms with van der Waals surface area (Å²) in [6.07, 6.45) is 1.15. The predicted octanol–water partition coefficient (Wildman–Crippen LogP) is 4.52. The molecular weight excluding hydrogens is 445 g/mol. The highest BCUT2D eigenvalue weighted by Gasteiger charge is 2.47. The first-order valence-corrected chi connectivity index (χ1v) is 12.5. The van der Waals surface area contributed by atoms with Gasteiger partial charge in [-0.25, -0.2) is 13.8 Å². The van der Waals surface area contributed by atoms with E-state index in [4.69, 9.17) is 27.9 Å². The lowest BCUT2D eigenvalue weighted by Gasteiger charge is -2.33. The van der Waals surface area contributed by atoms with Crippen molar-refractivity contribution >= 4 is 58.8 Å². The summed E-state index contributed by atoms with van der Waals surface area (Å²) in [5.74, 6) is -2.21. The molecule has 1 aliphatic heterocycles. The fraction of sp³-hybridized carbons (Fsp3) is 0.571. The minimum atomic E-state index is -2.92. The maximum atomic E-state index is 14.3. The Hall–Kier alpha value is -0.283. The van der Waals surface area contributed by atoms with E-state index in [1.54, 1.807) is 0 Å². The standard InChI is InChI=1S/C14H17BrCl2F2N2O2Si/c1-24(2,3)5-4-23-7-21-12(22)10-8(20-13(21)16)6-9(15)14(17,19)11(10)18/h6,13H,4-5,7H2,1-3H3. The first kappa shape index (κ1) is 20.0. The summed E-state index contributed by atoms with van der Waals surface area (Å²) in [7, 11) is -1.28. The zero-order valence-corrected chi connectivity index (χ0v) is 17.5. The summed E-state index contributed by atoms with van der Waals surface area (Å²) in [4.78, 5) is 17.5. The van der Waals surface area contributed by atoms with Gasteiger partial charge in [0.05, 0.1) is 10.2 Å². The SMILES string of the molecule is C[Si](C)(C)CCOCN1C(=O)C2=C(F)C(F)(Cl)C(Br)=CC2=NC1Cl. The van der Waals surface area contributed by atoms with Crippen LogP contribution in [0.3, 0.4) is 0 Å². The van der Waals surface area contributed by atoms with E-state index in [0.29, 0.717) is 6.61 Å². The zero-order chi connectivity index (χ0) is 18.3. The number of fused-ring (bicyclic) bond motifs is 1. The molecule has 24 heavy (non-hydrogen) atoms.